The fraction of sp³-hybridized carbons (Fsp3) is 0.393. The zero-order chi connectivity index (χ0) is 27.6. The fourth-order valence-electron chi connectivity index (χ4n) is 5.06. The SMILES string of the molecule is Cc1ccc(C=Cc2onc(C)c2S(=O)(=O)N2CCC(C(=O)N3CCN(C(=O)c4ccco4)CC3)CC2)cc1. The summed E-state index contributed by atoms with van der Waals surface area (Å²) in [4.78, 5) is 29.2. The van der Waals surface area contributed by atoms with Crippen LogP contribution in [0, 0.1) is 19.8 Å². The Bertz CT molecular complexity index is 1440. The zero-order valence-corrected chi connectivity index (χ0v) is 22.9. The van der Waals surface area contributed by atoms with Crippen LogP contribution in [0.1, 0.15) is 46.0 Å². The molecule has 2 aliphatic rings. The largest absolute Gasteiger partial charge is 0.459 e. The standard InChI is InChI=1S/C28H32N4O6S/c1-20-5-7-22(8-6-20)9-10-24-26(21(2)29-38-24)39(35,36)32-13-11-23(12-14-32)27(33)30-15-17-31(18-16-30)28(34)25-4-3-19-37-25/h3-10,19,23H,11-18H2,1-2H3. The monoisotopic (exact) mass is 552 g/mol. The van der Waals surface area contributed by atoms with Gasteiger partial charge >= 0.3 is 0 Å². The molecule has 11 heteroatoms. The lowest BCUT2D eigenvalue weighted by atomic mass is 9.96. The van der Waals surface area contributed by atoms with Gasteiger partial charge in [0.1, 0.15) is 5.69 Å². The molecule has 3 aromatic rings. The highest BCUT2D eigenvalue weighted by atomic mass is 32.2. The van der Waals surface area contributed by atoms with Gasteiger partial charge in [-0.2, -0.15) is 4.31 Å². The second-order valence-corrected chi connectivity index (χ2v) is 11.9. The van der Waals surface area contributed by atoms with Crippen molar-refractivity contribution in [2.24, 2.45) is 5.92 Å². The van der Waals surface area contributed by atoms with Crippen LogP contribution in [0.15, 0.2) is 56.5 Å². The predicted molar refractivity (Wildman–Crippen MR) is 144 cm³/mol. The first kappa shape index (κ1) is 26.9. The first-order valence-corrected chi connectivity index (χ1v) is 14.5. The van der Waals surface area contributed by atoms with E-state index in [2.05, 4.69) is 5.16 Å². The lowest BCUT2D eigenvalue weighted by molar-refractivity contribution is -0.138. The van der Waals surface area contributed by atoms with E-state index in [1.54, 1.807) is 41.0 Å². The van der Waals surface area contributed by atoms with Gasteiger partial charge in [0.25, 0.3) is 5.91 Å². The highest BCUT2D eigenvalue weighted by molar-refractivity contribution is 7.89. The average Bonchev–Trinajstić information content (AvgIpc) is 3.62. The first-order chi connectivity index (χ1) is 18.7. The molecule has 0 N–H and O–H groups in total. The summed E-state index contributed by atoms with van der Waals surface area (Å²) in [6, 6.07) is 11.2. The van der Waals surface area contributed by atoms with E-state index in [-0.39, 0.29) is 41.5 Å². The quantitative estimate of drug-likeness (QED) is 0.460. The van der Waals surface area contributed by atoms with Gasteiger partial charge in [0.2, 0.25) is 15.9 Å². The Kier molecular flexibility index (Phi) is 7.72. The molecule has 0 atom stereocenters. The second-order valence-electron chi connectivity index (χ2n) is 9.98. The molecule has 2 saturated heterocycles. The van der Waals surface area contributed by atoms with Gasteiger partial charge in [-0.1, -0.05) is 41.1 Å². The summed E-state index contributed by atoms with van der Waals surface area (Å²) in [5, 5.41) is 3.92. The van der Waals surface area contributed by atoms with Crippen molar-refractivity contribution in [3.63, 3.8) is 0 Å². The highest BCUT2D eigenvalue weighted by Crippen LogP contribution is 2.30. The Hall–Kier alpha value is -3.70. The normalized spacial score (nSPS) is 17.7. The number of hydrogen-bond donors (Lipinski definition) is 0. The number of rotatable bonds is 6. The van der Waals surface area contributed by atoms with Crippen LogP contribution in [0.25, 0.3) is 12.2 Å². The van der Waals surface area contributed by atoms with Crippen molar-refractivity contribution in [3.05, 3.63) is 71.0 Å². The molecule has 39 heavy (non-hydrogen) atoms. The van der Waals surface area contributed by atoms with Gasteiger partial charge in [-0.05, 0) is 50.5 Å². The second kappa shape index (κ2) is 11.2. The minimum atomic E-state index is -3.86. The average molecular weight is 553 g/mol. The number of carbonyl (C=O) groups excluding carboxylic acids is 2. The number of carbonyl (C=O) groups is 2. The van der Waals surface area contributed by atoms with Gasteiger partial charge in [0, 0.05) is 45.2 Å². The van der Waals surface area contributed by atoms with Crippen molar-refractivity contribution in [2.75, 3.05) is 39.3 Å². The Balaban J connectivity index is 1.19. The van der Waals surface area contributed by atoms with E-state index in [0.717, 1.165) is 11.1 Å². The van der Waals surface area contributed by atoms with Gasteiger partial charge in [0.15, 0.2) is 16.4 Å². The molecule has 10 nitrogen and oxygen atoms in total. The van der Waals surface area contributed by atoms with E-state index >= 15 is 0 Å². The Morgan fingerprint density at radius 1 is 0.923 bits per heavy atom. The van der Waals surface area contributed by atoms with E-state index in [1.165, 1.54) is 10.6 Å². The minimum absolute atomic E-state index is 0.0139. The third-order valence-electron chi connectivity index (χ3n) is 7.35. The third-order valence-corrected chi connectivity index (χ3v) is 9.41. The number of piperidine rings is 1. The maximum Gasteiger partial charge on any atom is 0.289 e. The zero-order valence-electron chi connectivity index (χ0n) is 22.1. The molecule has 0 saturated carbocycles. The van der Waals surface area contributed by atoms with E-state index in [9.17, 15) is 18.0 Å². The number of furan rings is 1. The van der Waals surface area contributed by atoms with Gasteiger partial charge in [-0.25, -0.2) is 8.42 Å². The molecule has 4 heterocycles. The molecule has 1 aromatic carbocycles. The van der Waals surface area contributed by atoms with Crippen molar-refractivity contribution >= 4 is 34.0 Å². The molecular weight excluding hydrogens is 520 g/mol. The van der Waals surface area contributed by atoms with Crippen LogP contribution >= 0.6 is 0 Å². The summed E-state index contributed by atoms with van der Waals surface area (Å²) in [6.07, 6.45) is 5.76. The summed E-state index contributed by atoms with van der Waals surface area (Å²) < 4.78 is 39.1. The van der Waals surface area contributed by atoms with Crippen LogP contribution in [-0.2, 0) is 14.8 Å². The molecule has 0 aliphatic carbocycles. The van der Waals surface area contributed by atoms with Crippen LogP contribution in [0.2, 0.25) is 0 Å². The van der Waals surface area contributed by atoms with E-state index in [4.69, 9.17) is 8.94 Å². The summed E-state index contributed by atoms with van der Waals surface area (Å²) in [7, 11) is -3.86. The first-order valence-electron chi connectivity index (χ1n) is 13.1. The van der Waals surface area contributed by atoms with Gasteiger partial charge in [-0.15, -0.1) is 0 Å². The Morgan fingerprint density at radius 3 is 2.23 bits per heavy atom. The third kappa shape index (κ3) is 5.69. The van der Waals surface area contributed by atoms with Crippen molar-refractivity contribution in [1.29, 1.82) is 0 Å². The Morgan fingerprint density at radius 2 is 1.59 bits per heavy atom. The maximum absolute atomic E-state index is 13.6. The fourth-order valence-corrected chi connectivity index (χ4v) is 6.78. The summed E-state index contributed by atoms with van der Waals surface area (Å²) >= 11 is 0. The van der Waals surface area contributed by atoms with Crippen molar-refractivity contribution in [2.45, 2.75) is 31.6 Å². The van der Waals surface area contributed by atoms with Gasteiger partial charge in [0.05, 0.1) is 6.26 Å². The number of amides is 2. The van der Waals surface area contributed by atoms with Crippen LogP contribution in [0.5, 0.6) is 0 Å². The van der Waals surface area contributed by atoms with E-state index < -0.39 is 10.0 Å². The number of hydrogen-bond acceptors (Lipinski definition) is 7. The number of aryl methyl sites for hydroxylation is 2. The van der Waals surface area contributed by atoms with Crippen LogP contribution in [0.4, 0.5) is 0 Å². The van der Waals surface area contributed by atoms with Crippen molar-refractivity contribution < 1.29 is 26.9 Å². The molecule has 0 radical (unpaired) electrons. The number of aromatic nitrogens is 1. The number of benzene rings is 1. The number of sulfonamides is 1. The maximum atomic E-state index is 13.6. The molecule has 0 spiro atoms. The predicted octanol–water partition coefficient (Wildman–Crippen LogP) is 3.44. The molecule has 2 fully saturated rings. The van der Waals surface area contributed by atoms with E-state index in [0.29, 0.717) is 50.5 Å². The Labute approximate surface area is 227 Å². The lowest BCUT2D eigenvalue weighted by Gasteiger charge is -2.38. The van der Waals surface area contributed by atoms with Crippen LogP contribution in [-0.4, -0.2) is 78.8 Å². The minimum Gasteiger partial charge on any atom is -0.459 e. The number of piperazine rings is 1. The molecule has 2 aliphatic heterocycles. The molecule has 2 amide bonds. The summed E-state index contributed by atoms with van der Waals surface area (Å²) in [5.41, 5.74) is 2.36. The van der Waals surface area contributed by atoms with E-state index in [1.807, 2.05) is 31.2 Å². The van der Waals surface area contributed by atoms with Crippen LogP contribution in [0.3, 0.4) is 0 Å². The molecule has 5 rings (SSSR count). The summed E-state index contributed by atoms with van der Waals surface area (Å²) in [5.74, 6) is 0.0597. The molecule has 0 bridgehead atoms. The lowest BCUT2D eigenvalue weighted by Crippen LogP contribution is -2.53. The molecule has 0 unspecified atom stereocenters. The molecule has 206 valence electrons. The van der Waals surface area contributed by atoms with Crippen molar-refractivity contribution in [1.82, 2.24) is 19.3 Å². The topological polar surface area (TPSA) is 117 Å². The molecular formula is C28H32N4O6S. The molecule has 2 aromatic heterocycles. The van der Waals surface area contributed by atoms with Crippen molar-refractivity contribution in [3.8, 4) is 0 Å². The van der Waals surface area contributed by atoms with Gasteiger partial charge in [-0.3, -0.25) is 9.59 Å². The number of nitrogens with zero attached hydrogens (tertiary/aromatic N) is 4. The smallest absolute Gasteiger partial charge is 0.289 e. The summed E-state index contributed by atoms with van der Waals surface area (Å²) in [6.45, 7) is 5.85. The van der Waals surface area contributed by atoms with Crippen LogP contribution < -0.4 is 0 Å². The van der Waals surface area contributed by atoms with Gasteiger partial charge < -0.3 is 18.7 Å². The highest BCUT2D eigenvalue weighted by Gasteiger charge is 2.37.